The number of rotatable bonds is 3. The van der Waals surface area contributed by atoms with Crippen molar-refractivity contribution < 1.29 is 0 Å². The maximum Gasteiger partial charge on any atom is 0.0922 e. The Morgan fingerprint density at radius 1 is 1.29 bits per heavy atom. The Hall–Kier alpha value is -0.830. The molecule has 0 aromatic carbocycles. The maximum absolute atomic E-state index is 4.01. The van der Waals surface area contributed by atoms with Crippen LogP contribution in [0.2, 0.25) is 0 Å². The van der Waals surface area contributed by atoms with Crippen molar-refractivity contribution in [3.63, 3.8) is 0 Å². The lowest BCUT2D eigenvalue weighted by Gasteiger charge is -2.15. The zero-order valence-electron chi connectivity index (χ0n) is 8.63. The standard InChI is InChI=1S/C11H19N3/c1-2-4-6-10(5-3-1)13-8-11-7-12-9-14-11/h7,9-10,13H,1-6,8H2,(H,12,14). The number of hydrogen-bond acceptors (Lipinski definition) is 2. The highest BCUT2D eigenvalue weighted by Crippen LogP contribution is 2.17. The van der Waals surface area contributed by atoms with Crippen LogP contribution in [-0.2, 0) is 6.54 Å². The molecule has 0 spiro atoms. The summed E-state index contributed by atoms with van der Waals surface area (Å²) in [6, 6.07) is 0.723. The fraction of sp³-hybridized carbons (Fsp3) is 0.727. The van der Waals surface area contributed by atoms with E-state index in [1.165, 1.54) is 44.2 Å². The molecular weight excluding hydrogens is 174 g/mol. The summed E-state index contributed by atoms with van der Waals surface area (Å²) < 4.78 is 0. The number of nitrogens with zero attached hydrogens (tertiary/aromatic N) is 1. The average molecular weight is 193 g/mol. The molecule has 0 atom stereocenters. The Bertz CT molecular complexity index is 235. The monoisotopic (exact) mass is 193 g/mol. The van der Waals surface area contributed by atoms with Gasteiger partial charge < -0.3 is 10.3 Å². The summed E-state index contributed by atoms with van der Waals surface area (Å²) in [5, 5.41) is 3.59. The van der Waals surface area contributed by atoms with Gasteiger partial charge in [-0.2, -0.15) is 0 Å². The molecule has 1 saturated carbocycles. The van der Waals surface area contributed by atoms with Crippen molar-refractivity contribution in [2.45, 2.75) is 51.1 Å². The van der Waals surface area contributed by atoms with Crippen LogP contribution in [0, 0.1) is 0 Å². The molecule has 1 aromatic heterocycles. The van der Waals surface area contributed by atoms with Gasteiger partial charge in [-0.3, -0.25) is 0 Å². The van der Waals surface area contributed by atoms with Crippen molar-refractivity contribution in [2.75, 3.05) is 0 Å². The lowest BCUT2D eigenvalue weighted by molar-refractivity contribution is 0.456. The molecule has 1 aliphatic carbocycles. The van der Waals surface area contributed by atoms with E-state index < -0.39 is 0 Å². The summed E-state index contributed by atoms with van der Waals surface area (Å²) in [7, 11) is 0. The van der Waals surface area contributed by atoms with E-state index in [4.69, 9.17) is 0 Å². The van der Waals surface area contributed by atoms with Crippen LogP contribution in [0.4, 0.5) is 0 Å². The molecule has 0 saturated heterocycles. The minimum absolute atomic E-state index is 0.723. The minimum Gasteiger partial charge on any atom is -0.347 e. The Morgan fingerprint density at radius 2 is 2.07 bits per heavy atom. The number of aromatic nitrogens is 2. The smallest absolute Gasteiger partial charge is 0.0922 e. The molecule has 0 unspecified atom stereocenters. The molecule has 1 aromatic rings. The second-order valence-electron chi connectivity index (χ2n) is 4.15. The van der Waals surface area contributed by atoms with Crippen LogP contribution >= 0.6 is 0 Å². The quantitative estimate of drug-likeness (QED) is 0.723. The van der Waals surface area contributed by atoms with Crippen LogP contribution < -0.4 is 5.32 Å². The van der Waals surface area contributed by atoms with E-state index in [1.807, 2.05) is 6.20 Å². The zero-order valence-corrected chi connectivity index (χ0v) is 8.63. The molecule has 2 N–H and O–H groups in total. The molecule has 2 rings (SSSR count). The molecule has 0 radical (unpaired) electrons. The third-order valence-electron chi connectivity index (χ3n) is 2.99. The van der Waals surface area contributed by atoms with E-state index in [0.29, 0.717) is 0 Å². The molecule has 78 valence electrons. The normalized spacial score (nSPS) is 19.4. The van der Waals surface area contributed by atoms with Crippen molar-refractivity contribution in [1.29, 1.82) is 0 Å². The maximum atomic E-state index is 4.01. The van der Waals surface area contributed by atoms with Crippen molar-refractivity contribution in [3.8, 4) is 0 Å². The van der Waals surface area contributed by atoms with Crippen LogP contribution in [0.25, 0.3) is 0 Å². The number of nitrogens with one attached hydrogen (secondary N) is 2. The van der Waals surface area contributed by atoms with Gasteiger partial charge >= 0.3 is 0 Å². The number of imidazole rings is 1. The first-order chi connectivity index (χ1) is 6.95. The van der Waals surface area contributed by atoms with Gasteiger partial charge in [0.1, 0.15) is 0 Å². The Kier molecular flexibility index (Phi) is 3.57. The first-order valence-electron chi connectivity index (χ1n) is 5.66. The van der Waals surface area contributed by atoms with Gasteiger partial charge in [0.15, 0.2) is 0 Å². The molecule has 3 nitrogen and oxygen atoms in total. The highest BCUT2D eigenvalue weighted by atomic mass is 15.0. The molecule has 0 amide bonds. The van der Waals surface area contributed by atoms with Gasteiger partial charge in [-0.05, 0) is 12.8 Å². The Balaban J connectivity index is 1.73. The molecule has 0 bridgehead atoms. The van der Waals surface area contributed by atoms with E-state index in [1.54, 1.807) is 6.33 Å². The lowest BCUT2D eigenvalue weighted by Crippen LogP contribution is -2.27. The highest BCUT2D eigenvalue weighted by Gasteiger charge is 2.11. The first kappa shape index (κ1) is 9.71. The molecule has 14 heavy (non-hydrogen) atoms. The first-order valence-corrected chi connectivity index (χ1v) is 5.66. The fourth-order valence-corrected chi connectivity index (χ4v) is 2.12. The average Bonchev–Trinajstić information content (AvgIpc) is 2.58. The van der Waals surface area contributed by atoms with Crippen LogP contribution in [-0.4, -0.2) is 16.0 Å². The molecule has 0 aliphatic heterocycles. The predicted octanol–water partition coefficient (Wildman–Crippen LogP) is 2.22. The van der Waals surface area contributed by atoms with Crippen molar-refractivity contribution >= 4 is 0 Å². The van der Waals surface area contributed by atoms with E-state index in [-0.39, 0.29) is 0 Å². The lowest BCUT2D eigenvalue weighted by atomic mass is 10.1. The molecular formula is C11H19N3. The molecule has 1 aliphatic rings. The van der Waals surface area contributed by atoms with Gasteiger partial charge in [-0.25, -0.2) is 4.98 Å². The third-order valence-corrected chi connectivity index (χ3v) is 2.99. The Morgan fingerprint density at radius 3 is 2.71 bits per heavy atom. The largest absolute Gasteiger partial charge is 0.347 e. The summed E-state index contributed by atoms with van der Waals surface area (Å²) in [4.78, 5) is 7.13. The van der Waals surface area contributed by atoms with Gasteiger partial charge in [-0.1, -0.05) is 25.7 Å². The Labute approximate surface area is 85.3 Å². The summed E-state index contributed by atoms with van der Waals surface area (Å²) in [5.41, 5.74) is 1.19. The molecule has 1 fully saturated rings. The summed E-state index contributed by atoms with van der Waals surface area (Å²) in [6.45, 7) is 0.935. The molecule has 1 heterocycles. The minimum atomic E-state index is 0.723. The third kappa shape index (κ3) is 2.84. The zero-order chi connectivity index (χ0) is 9.64. The summed E-state index contributed by atoms with van der Waals surface area (Å²) in [5.74, 6) is 0. The number of hydrogen-bond donors (Lipinski definition) is 2. The van der Waals surface area contributed by atoms with Crippen LogP contribution in [0.5, 0.6) is 0 Å². The van der Waals surface area contributed by atoms with Gasteiger partial charge in [0.25, 0.3) is 0 Å². The second-order valence-corrected chi connectivity index (χ2v) is 4.15. The van der Waals surface area contributed by atoms with E-state index in [9.17, 15) is 0 Å². The van der Waals surface area contributed by atoms with Gasteiger partial charge in [0.05, 0.1) is 6.33 Å². The summed E-state index contributed by atoms with van der Waals surface area (Å²) >= 11 is 0. The van der Waals surface area contributed by atoms with Crippen LogP contribution in [0.3, 0.4) is 0 Å². The van der Waals surface area contributed by atoms with Gasteiger partial charge in [-0.15, -0.1) is 0 Å². The fourth-order valence-electron chi connectivity index (χ4n) is 2.12. The topological polar surface area (TPSA) is 40.7 Å². The number of aromatic amines is 1. The van der Waals surface area contributed by atoms with Crippen LogP contribution in [0.15, 0.2) is 12.5 Å². The highest BCUT2D eigenvalue weighted by molar-refractivity contribution is 4.93. The molecule has 3 heteroatoms. The van der Waals surface area contributed by atoms with Crippen molar-refractivity contribution in [1.82, 2.24) is 15.3 Å². The second kappa shape index (κ2) is 5.15. The van der Waals surface area contributed by atoms with Crippen LogP contribution in [0.1, 0.15) is 44.2 Å². The van der Waals surface area contributed by atoms with E-state index in [0.717, 1.165) is 12.6 Å². The predicted molar refractivity (Wildman–Crippen MR) is 56.9 cm³/mol. The number of H-pyrrole nitrogens is 1. The van der Waals surface area contributed by atoms with Gasteiger partial charge in [0.2, 0.25) is 0 Å². The SMILES string of the molecule is c1ncc(CNC2CCCCCC2)[nH]1. The van der Waals surface area contributed by atoms with Gasteiger partial charge in [0, 0.05) is 24.5 Å². The van der Waals surface area contributed by atoms with E-state index in [2.05, 4.69) is 15.3 Å². The summed E-state index contributed by atoms with van der Waals surface area (Å²) in [6.07, 6.45) is 11.9. The van der Waals surface area contributed by atoms with Crippen molar-refractivity contribution in [2.24, 2.45) is 0 Å². The van der Waals surface area contributed by atoms with Crippen molar-refractivity contribution in [3.05, 3.63) is 18.2 Å². The van der Waals surface area contributed by atoms with E-state index >= 15 is 0 Å².